The Morgan fingerprint density at radius 3 is 2.69 bits per heavy atom. The number of ether oxygens (including phenoxy) is 2. The molecule has 1 N–H and O–H groups in total. The first-order valence-electron chi connectivity index (χ1n) is 12.4. The van der Waals surface area contributed by atoms with Crippen molar-refractivity contribution in [1.29, 1.82) is 0 Å². The van der Waals surface area contributed by atoms with Crippen molar-refractivity contribution in [3.63, 3.8) is 0 Å². The second kappa shape index (κ2) is 9.62. The number of piperidine rings is 1. The number of aliphatic hydroxyl groups excluding tert-OH is 1. The predicted octanol–water partition coefficient (Wildman–Crippen LogP) is 2.25. The third-order valence-corrected chi connectivity index (χ3v) is 7.87. The molecule has 188 valence electrons. The highest BCUT2D eigenvalue weighted by atomic mass is 16.6. The summed E-state index contributed by atoms with van der Waals surface area (Å²) < 4.78 is 11.1. The van der Waals surface area contributed by atoms with E-state index in [2.05, 4.69) is 0 Å². The van der Waals surface area contributed by atoms with E-state index in [1.807, 2.05) is 30.3 Å². The van der Waals surface area contributed by atoms with Crippen LogP contribution in [0.3, 0.4) is 0 Å². The van der Waals surface area contributed by atoms with Crippen LogP contribution >= 0.6 is 0 Å². The fourth-order valence-electron chi connectivity index (χ4n) is 5.35. The topological polar surface area (TPSA) is 99.6 Å². The number of β-amino-alcohol motifs (C(OH)–C–C–N with tert-alkyl or cyclic N) is 1. The van der Waals surface area contributed by atoms with Crippen LogP contribution < -0.4 is 0 Å². The molecule has 0 aromatic heterocycles. The van der Waals surface area contributed by atoms with Gasteiger partial charge in [0.05, 0.1) is 31.1 Å². The molecule has 35 heavy (non-hydrogen) atoms. The lowest BCUT2D eigenvalue weighted by Gasteiger charge is -2.44. The summed E-state index contributed by atoms with van der Waals surface area (Å²) in [5.41, 5.74) is 1.51. The van der Waals surface area contributed by atoms with Crippen LogP contribution in [-0.2, 0) is 25.7 Å². The van der Waals surface area contributed by atoms with Crippen molar-refractivity contribution < 1.29 is 29.0 Å². The van der Waals surface area contributed by atoms with Gasteiger partial charge in [0.2, 0.25) is 11.8 Å². The summed E-state index contributed by atoms with van der Waals surface area (Å²) in [7, 11) is 0. The molecule has 1 saturated carbocycles. The Morgan fingerprint density at radius 1 is 1.20 bits per heavy atom. The molecular weight excluding hydrogens is 450 g/mol. The molecule has 9 heteroatoms. The molecule has 3 heterocycles. The van der Waals surface area contributed by atoms with Crippen LogP contribution in [0.2, 0.25) is 0 Å². The number of fused-ring (bicyclic) bond motifs is 1. The van der Waals surface area contributed by atoms with Crippen LogP contribution in [0.25, 0.3) is 0 Å². The number of morpholine rings is 1. The standard InChI is InChI=1S/C26H33N3O6/c1-18-24(32)29-20(7-8-23(31)27-12-11-26(9-10-26)22(30)14-27)16-34-17-21(29)13-28(18)25(33)35-15-19-5-3-2-4-6-19/h2-6,13,18,20,22,30H,7-12,14-17H2,1H3/t18-,20-,22?/m0/s1. The molecule has 3 amide bonds. The van der Waals surface area contributed by atoms with Gasteiger partial charge in [0, 0.05) is 25.7 Å². The lowest BCUT2D eigenvalue weighted by atomic mass is 9.90. The van der Waals surface area contributed by atoms with E-state index in [4.69, 9.17) is 9.47 Å². The van der Waals surface area contributed by atoms with E-state index in [-0.39, 0.29) is 42.9 Å². The maximum atomic E-state index is 13.3. The zero-order chi connectivity index (χ0) is 24.6. The highest BCUT2D eigenvalue weighted by molar-refractivity contribution is 5.89. The zero-order valence-electron chi connectivity index (χ0n) is 20.1. The van der Waals surface area contributed by atoms with Gasteiger partial charge in [0.15, 0.2) is 0 Å². The van der Waals surface area contributed by atoms with Crippen LogP contribution in [0.5, 0.6) is 0 Å². The number of benzene rings is 1. The summed E-state index contributed by atoms with van der Waals surface area (Å²) >= 11 is 0. The van der Waals surface area contributed by atoms with Crippen molar-refractivity contribution in [3.8, 4) is 0 Å². The minimum absolute atomic E-state index is 0.000670. The number of nitrogens with zero attached hydrogens (tertiary/aromatic N) is 3. The third kappa shape index (κ3) is 4.79. The Balaban J connectivity index is 1.19. The van der Waals surface area contributed by atoms with Crippen LogP contribution in [0.15, 0.2) is 42.2 Å². The third-order valence-electron chi connectivity index (χ3n) is 7.87. The van der Waals surface area contributed by atoms with E-state index in [0.29, 0.717) is 31.8 Å². The minimum atomic E-state index is -0.717. The van der Waals surface area contributed by atoms with Gasteiger partial charge in [-0.1, -0.05) is 30.3 Å². The Bertz CT molecular complexity index is 1010. The van der Waals surface area contributed by atoms with Crippen molar-refractivity contribution in [2.24, 2.45) is 5.41 Å². The molecule has 3 aliphatic heterocycles. The summed E-state index contributed by atoms with van der Waals surface area (Å²) in [6, 6.07) is 8.38. The molecule has 0 bridgehead atoms. The predicted molar refractivity (Wildman–Crippen MR) is 126 cm³/mol. The number of hydrogen-bond donors (Lipinski definition) is 1. The Hall–Kier alpha value is -2.91. The summed E-state index contributed by atoms with van der Waals surface area (Å²) in [4.78, 5) is 43.6. The van der Waals surface area contributed by atoms with Crippen LogP contribution in [0, 0.1) is 5.41 Å². The summed E-state index contributed by atoms with van der Waals surface area (Å²) in [6.07, 6.45) is 4.31. The number of carbonyl (C=O) groups is 3. The first-order valence-corrected chi connectivity index (χ1v) is 12.4. The van der Waals surface area contributed by atoms with Gasteiger partial charge in [-0.2, -0.15) is 0 Å². The van der Waals surface area contributed by atoms with Gasteiger partial charge in [-0.05, 0) is 43.6 Å². The smallest absolute Gasteiger partial charge is 0.414 e. The van der Waals surface area contributed by atoms with Gasteiger partial charge in [-0.3, -0.25) is 14.5 Å². The van der Waals surface area contributed by atoms with E-state index in [9.17, 15) is 19.5 Å². The van der Waals surface area contributed by atoms with Gasteiger partial charge < -0.3 is 24.4 Å². The quantitative estimate of drug-likeness (QED) is 0.690. The Labute approximate surface area is 205 Å². The second-order valence-corrected chi connectivity index (χ2v) is 10.1. The normalized spacial score (nSPS) is 27.4. The minimum Gasteiger partial charge on any atom is -0.444 e. The molecular formula is C26H33N3O6. The highest BCUT2D eigenvalue weighted by Crippen LogP contribution is 2.53. The van der Waals surface area contributed by atoms with Gasteiger partial charge in [-0.25, -0.2) is 4.79 Å². The van der Waals surface area contributed by atoms with Gasteiger partial charge in [-0.15, -0.1) is 0 Å². The number of likely N-dealkylation sites (tertiary alicyclic amines) is 1. The van der Waals surface area contributed by atoms with Crippen molar-refractivity contribution in [2.45, 2.75) is 63.8 Å². The fraction of sp³-hybridized carbons (Fsp3) is 0.577. The van der Waals surface area contributed by atoms with Crippen LogP contribution in [-0.4, -0.2) is 82.2 Å². The van der Waals surface area contributed by atoms with E-state index >= 15 is 0 Å². The zero-order valence-corrected chi connectivity index (χ0v) is 20.1. The van der Waals surface area contributed by atoms with Crippen LogP contribution in [0.1, 0.15) is 44.6 Å². The molecule has 3 fully saturated rings. The lowest BCUT2D eigenvalue weighted by molar-refractivity contribution is -0.144. The van der Waals surface area contributed by atoms with Crippen molar-refractivity contribution in [3.05, 3.63) is 47.8 Å². The SMILES string of the molecule is C[C@H]1C(=O)N2C(=CN1C(=O)OCc1ccccc1)COC[C@@H]2CCC(=O)N1CCC2(CC2)C(O)C1. The molecule has 0 radical (unpaired) electrons. The molecule has 5 rings (SSSR count). The van der Waals surface area contributed by atoms with Gasteiger partial charge in [0.25, 0.3) is 0 Å². The van der Waals surface area contributed by atoms with E-state index in [1.165, 1.54) is 4.90 Å². The molecule has 2 saturated heterocycles. The van der Waals surface area contributed by atoms with Crippen molar-refractivity contribution >= 4 is 17.9 Å². The lowest BCUT2D eigenvalue weighted by Crippen LogP contribution is -2.58. The van der Waals surface area contributed by atoms with Crippen molar-refractivity contribution in [2.75, 3.05) is 26.3 Å². The fourth-order valence-corrected chi connectivity index (χ4v) is 5.35. The van der Waals surface area contributed by atoms with Gasteiger partial charge in [0.1, 0.15) is 12.6 Å². The largest absolute Gasteiger partial charge is 0.444 e. The molecule has 1 unspecified atom stereocenters. The molecule has 3 atom stereocenters. The van der Waals surface area contributed by atoms with Crippen molar-refractivity contribution in [1.82, 2.24) is 14.7 Å². The number of rotatable bonds is 5. The first kappa shape index (κ1) is 23.8. The Kier molecular flexibility index (Phi) is 6.55. The summed E-state index contributed by atoms with van der Waals surface area (Å²) in [5.74, 6) is -0.205. The maximum Gasteiger partial charge on any atom is 0.414 e. The van der Waals surface area contributed by atoms with Crippen LogP contribution in [0.4, 0.5) is 4.79 Å². The number of amides is 3. The Morgan fingerprint density at radius 2 is 1.97 bits per heavy atom. The summed E-state index contributed by atoms with van der Waals surface area (Å²) in [5, 5.41) is 10.4. The number of carbonyl (C=O) groups excluding carboxylic acids is 3. The molecule has 1 aromatic carbocycles. The second-order valence-electron chi connectivity index (χ2n) is 10.1. The average molecular weight is 484 g/mol. The average Bonchev–Trinajstić information content (AvgIpc) is 3.66. The summed E-state index contributed by atoms with van der Waals surface area (Å²) in [6.45, 7) is 3.43. The first-order chi connectivity index (χ1) is 16.9. The maximum absolute atomic E-state index is 13.3. The number of aliphatic hydroxyl groups is 1. The molecule has 9 nitrogen and oxygen atoms in total. The molecule has 4 aliphatic rings. The highest BCUT2D eigenvalue weighted by Gasteiger charge is 2.51. The monoisotopic (exact) mass is 483 g/mol. The molecule has 1 spiro atoms. The molecule has 1 aromatic rings. The van der Waals surface area contributed by atoms with E-state index < -0.39 is 18.2 Å². The van der Waals surface area contributed by atoms with Gasteiger partial charge >= 0.3 is 6.09 Å². The van der Waals surface area contributed by atoms with E-state index in [1.54, 1.807) is 22.9 Å². The number of hydrogen-bond acceptors (Lipinski definition) is 6. The van der Waals surface area contributed by atoms with E-state index in [0.717, 1.165) is 24.8 Å². The molecule has 1 aliphatic carbocycles.